The van der Waals surface area contributed by atoms with Gasteiger partial charge in [0.05, 0.1) is 6.61 Å². The molecule has 1 rings (SSSR count). The summed E-state index contributed by atoms with van der Waals surface area (Å²) in [5, 5.41) is 0.894. The lowest BCUT2D eigenvalue weighted by atomic mass is 10.3. The molecule has 0 fully saturated rings. The minimum Gasteiger partial charge on any atom is -0.494 e. The molecule has 0 atom stereocenters. The molecule has 0 heterocycles. The molecule has 0 radical (unpaired) electrons. The minimum absolute atomic E-state index is 0.630. The summed E-state index contributed by atoms with van der Waals surface area (Å²) in [6.45, 7) is 2.57. The van der Waals surface area contributed by atoms with Crippen molar-refractivity contribution >= 4 is 14.0 Å². The zero-order valence-corrected chi connectivity index (χ0v) is 11.1. The smallest absolute Gasteiger partial charge is 0.494 e. The van der Waals surface area contributed by atoms with Gasteiger partial charge in [-0.05, 0) is 19.1 Å². The van der Waals surface area contributed by atoms with E-state index in [-0.39, 0.29) is 0 Å². The quantitative estimate of drug-likeness (QED) is 0.702. The van der Waals surface area contributed by atoms with Crippen molar-refractivity contribution in [1.29, 1.82) is 0 Å². The Labute approximate surface area is 97.5 Å². The summed E-state index contributed by atoms with van der Waals surface area (Å²) in [6.07, 6.45) is 0. The third-order valence-electron chi connectivity index (χ3n) is 2.30. The van der Waals surface area contributed by atoms with Gasteiger partial charge in [0.25, 0.3) is 0 Å². The summed E-state index contributed by atoms with van der Waals surface area (Å²) in [4.78, 5) is 0. The molecule has 0 N–H and O–H groups in total. The van der Waals surface area contributed by atoms with Crippen molar-refractivity contribution in [3.05, 3.63) is 24.3 Å². The van der Waals surface area contributed by atoms with Gasteiger partial charge in [-0.3, -0.25) is 0 Å². The van der Waals surface area contributed by atoms with Crippen LogP contribution in [-0.4, -0.2) is 36.7 Å². The van der Waals surface area contributed by atoms with E-state index in [0.29, 0.717) is 6.61 Å². The summed E-state index contributed by atoms with van der Waals surface area (Å²) in [6, 6.07) is 7.61. The van der Waals surface area contributed by atoms with Crippen LogP contribution in [0.5, 0.6) is 5.75 Å². The van der Waals surface area contributed by atoms with Crippen molar-refractivity contribution in [2.75, 3.05) is 27.9 Å². The topological polar surface area (TPSA) is 36.9 Å². The van der Waals surface area contributed by atoms with Gasteiger partial charge < -0.3 is 18.0 Å². The van der Waals surface area contributed by atoms with Crippen LogP contribution in [0.15, 0.2) is 24.3 Å². The summed E-state index contributed by atoms with van der Waals surface area (Å²) in [5.41, 5.74) is 0. The molecule has 5 heteroatoms. The SMILES string of the molecule is CCOc1cccc([Si](OC)(OC)OC)c1. The Morgan fingerprint density at radius 3 is 2.19 bits per heavy atom. The Balaban J connectivity index is 3.04. The summed E-state index contributed by atoms with van der Waals surface area (Å²) in [5.74, 6) is 0.794. The van der Waals surface area contributed by atoms with Gasteiger partial charge in [-0.15, -0.1) is 0 Å². The van der Waals surface area contributed by atoms with Gasteiger partial charge in [0, 0.05) is 26.5 Å². The van der Waals surface area contributed by atoms with Gasteiger partial charge in [-0.25, -0.2) is 0 Å². The molecule has 0 unspecified atom stereocenters. The lowest BCUT2D eigenvalue weighted by Gasteiger charge is -2.24. The van der Waals surface area contributed by atoms with Crippen LogP contribution in [0.3, 0.4) is 0 Å². The molecule has 0 aromatic heterocycles. The fraction of sp³-hybridized carbons (Fsp3) is 0.455. The summed E-state index contributed by atoms with van der Waals surface area (Å²) >= 11 is 0. The highest BCUT2D eigenvalue weighted by molar-refractivity contribution is 6.75. The van der Waals surface area contributed by atoms with Crippen molar-refractivity contribution in [3.8, 4) is 5.75 Å². The molecular weight excluding hydrogens is 224 g/mol. The average Bonchev–Trinajstić information content (AvgIpc) is 2.33. The van der Waals surface area contributed by atoms with Crippen molar-refractivity contribution < 1.29 is 18.0 Å². The summed E-state index contributed by atoms with van der Waals surface area (Å²) < 4.78 is 21.6. The maximum absolute atomic E-state index is 5.43. The fourth-order valence-corrected chi connectivity index (χ4v) is 3.37. The van der Waals surface area contributed by atoms with Gasteiger partial charge in [0.1, 0.15) is 5.75 Å². The van der Waals surface area contributed by atoms with Gasteiger partial charge in [0.2, 0.25) is 0 Å². The zero-order valence-electron chi connectivity index (χ0n) is 10.1. The van der Waals surface area contributed by atoms with Crippen molar-refractivity contribution in [1.82, 2.24) is 0 Å². The Morgan fingerprint density at radius 1 is 1.06 bits per heavy atom. The highest BCUT2D eigenvalue weighted by Gasteiger charge is 2.40. The van der Waals surface area contributed by atoms with E-state index >= 15 is 0 Å². The number of hydrogen-bond donors (Lipinski definition) is 0. The number of rotatable bonds is 6. The van der Waals surface area contributed by atoms with Crippen LogP contribution < -0.4 is 9.92 Å². The molecule has 0 aliphatic heterocycles. The van der Waals surface area contributed by atoms with E-state index in [9.17, 15) is 0 Å². The predicted octanol–water partition coefficient (Wildman–Crippen LogP) is 1.17. The van der Waals surface area contributed by atoms with Crippen molar-refractivity contribution in [2.24, 2.45) is 0 Å². The number of benzene rings is 1. The molecule has 0 aliphatic carbocycles. The Morgan fingerprint density at radius 2 is 1.69 bits per heavy atom. The van der Waals surface area contributed by atoms with Crippen LogP contribution in [0.2, 0.25) is 0 Å². The van der Waals surface area contributed by atoms with Crippen LogP contribution in [0.25, 0.3) is 0 Å². The third-order valence-corrected chi connectivity index (χ3v) is 4.94. The molecule has 0 amide bonds. The largest absolute Gasteiger partial charge is 0.536 e. The molecule has 1 aromatic carbocycles. The Hall–Kier alpha value is -0.883. The van der Waals surface area contributed by atoms with E-state index in [1.807, 2.05) is 31.2 Å². The van der Waals surface area contributed by atoms with Gasteiger partial charge in [-0.1, -0.05) is 12.1 Å². The number of ether oxygens (including phenoxy) is 1. The van der Waals surface area contributed by atoms with Crippen LogP contribution in [-0.2, 0) is 13.3 Å². The van der Waals surface area contributed by atoms with Crippen LogP contribution >= 0.6 is 0 Å². The first-order valence-corrected chi connectivity index (χ1v) is 6.83. The number of hydrogen-bond acceptors (Lipinski definition) is 4. The van der Waals surface area contributed by atoms with Crippen LogP contribution in [0.4, 0.5) is 0 Å². The standard InChI is InChI=1S/C11H18O4Si/c1-5-15-10-7-6-8-11(9-10)16(12-2,13-3)14-4/h6-9H,5H2,1-4H3. The molecule has 4 nitrogen and oxygen atoms in total. The van der Waals surface area contributed by atoms with E-state index in [1.165, 1.54) is 0 Å². The van der Waals surface area contributed by atoms with Gasteiger partial charge in [-0.2, -0.15) is 0 Å². The molecule has 16 heavy (non-hydrogen) atoms. The second-order valence-electron chi connectivity index (χ2n) is 3.13. The van der Waals surface area contributed by atoms with E-state index in [0.717, 1.165) is 10.9 Å². The molecule has 0 saturated heterocycles. The molecule has 0 aliphatic rings. The highest BCUT2D eigenvalue weighted by atomic mass is 28.4. The first-order chi connectivity index (χ1) is 7.72. The summed E-state index contributed by atoms with van der Waals surface area (Å²) in [7, 11) is 2.04. The fourth-order valence-electron chi connectivity index (χ4n) is 1.55. The van der Waals surface area contributed by atoms with E-state index in [4.69, 9.17) is 18.0 Å². The molecular formula is C11H18O4Si. The predicted molar refractivity (Wildman–Crippen MR) is 64.0 cm³/mol. The lowest BCUT2D eigenvalue weighted by Crippen LogP contribution is -2.54. The minimum atomic E-state index is -2.73. The van der Waals surface area contributed by atoms with Crippen LogP contribution in [0.1, 0.15) is 6.92 Å². The van der Waals surface area contributed by atoms with Gasteiger partial charge >= 0.3 is 8.80 Å². The van der Waals surface area contributed by atoms with E-state index in [1.54, 1.807) is 21.3 Å². The average molecular weight is 242 g/mol. The highest BCUT2D eigenvalue weighted by Crippen LogP contribution is 2.13. The zero-order chi connectivity index (χ0) is 12.0. The monoisotopic (exact) mass is 242 g/mol. The third kappa shape index (κ3) is 2.62. The Kier molecular flexibility index (Phi) is 4.95. The molecule has 90 valence electrons. The maximum Gasteiger partial charge on any atom is 0.536 e. The maximum atomic E-state index is 5.43. The Bertz CT molecular complexity index is 317. The molecule has 1 aromatic rings. The van der Waals surface area contributed by atoms with E-state index < -0.39 is 8.80 Å². The molecule has 0 bridgehead atoms. The second-order valence-corrected chi connectivity index (χ2v) is 6.04. The molecule has 0 spiro atoms. The van der Waals surface area contributed by atoms with Crippen LogP contribution in [0, 0.1) is 0 Å². The normalized spacial score (nSPS) is 11.5. The van der Waals surface area contributed by atoms with Gasteiger partial charge in [0.15, 0.2) is 0 Å². The lowest BCUT2D eigenvalue weighted by molar-refractivity contribution is 0.140. The first kappa shape index (κ1) is 13.2. The molecule has 0 saturated carbocycles. The van der Waals surface area contributed by atoms with Crippen molar-refractivity contribution in [3.63, 3.8) is 0 Å². The van der Waals surface area contributed by atoms with Crippen molar-refractivity contribution in [2.45, 2.75) is 6.92 Å². The second kappa shape index (κ2) is 6.00. The van der Waals surface area contributed by atoms with E-state index in [2.05, 4.69) is 0 Å². The first-order valence-electron chi connectivity index (χ1n) is 5.11.